The lowest BCUT2D eigenvalue weighted by molar-refractivity contribution is 0.0958. The SMILES string of the molecule is Nc1c(C(=O)NCCc2ccccc2)sc(=S)n1Cc1ccccc1. The summed E-state index contributed by atoms with van der Waals surface area (Å²) >= 11 is 6.64. The highest BCUT2D eigenvalue weighted by Crippen LogP contribution is 2.23. The van der Waals surface area contributed by atoms with Gasteiger partial charge in [0.1, 0.15) is 10.7 Å². The minimum Gasteiger partial charge on any atom is -0.384 e. The van der Waals surface area contributed by atoms with Gasteiger partial charge in [-0.05, 0) is 29.8 Å². The molecule has 1 aromatic heterocycles. The van der Waals surface area contributed by atoms with E-state index >= 15 is 0 Å². The first-order valence-corrected chi connectivity index (χ1v) is 9.23. The maximum absolute atomic E-state index is 12.4. The van der Waals surface area contributed by atoms with Gasteiger partial charge >= 0.3 is 0 Å². The number of rotatable bonds is 6. The van der Waals surface area contributed by atoms with E-state index in [2.05, 4.69) is 5.32 Å². The number of nitrogens with one attached hydrogen (secondary N) is 1. The first-order chi connectivity index (χ1) is 12.1. The molecule has 0 unspecified atom stereocenters. The highest BCUT2D eigenvalue weighted by atomic mass is 32.1. The predicted octanol–water partition coefficient (Wildman–Crippen LogP) is 3.88. The van der Waals surface area contributed by atoms with Crippen molar-refractivity contribution in [2.24, 2.45) is 0 Å². The van der Waals surface area contributed by atoms with Crippen molar-refractivity contribution in [1.82, 2.24) is 9.88 Å². The van der Waals surface area contributed by atoms with Crippen molar-refractivity contribution in [3.63, 3.8) is 0 Å². The third kappa shape index (κ3) is 4.35. The Hall–Kier alpha value is -2.44. The maximum atomic E-state index is 12.4. The summed E-state index contributed by atoms with van der Waals surface area (Å²) in [7, 11) is 0. The van der Waals surface area contributed by atoms with Gasteiger partial charge in [0.05, 0.1) is 6.54 Å². The molecule has 6 heteroatoms. The van der Waals surface area contributed by atoms with Gasteiger partial charge in [-0.15, -0.1) is 0 Å². The van der Waals surface area contributed by atoms with Gasteiger partial charge in [0.15, 0.2) is 3.95 Å². The molecule has 3 aromatic rings. The summed E-state index contributed by atoms with van der Waals surface area (Å²) in [5, 5.41) is 2.92. The number of carbonyl (C=O) groups excluding carboxylic acids is 1. The summed E-state index contributed by atoms with van der Waals surface area (Å²) in [6.45, 7) is 1.13. The Labute approximate surface area is 155 Å². The number of nitrogens with two attached hydrogens (primary N) is 1. The van der Waals surface area contributed by atoms with E-state index in [1.165, 1.54) is 16.9 Å². The van der Waals surface area contributed by atoms with Crippen molar-refractivity contribution in [2.45, 2.75) is 13.0 Å². The van der Waals surface area contributed by atoms with Crippen LogP contribution in [0, 0.1) is 3.95 Å². The smallest absolute Gasteiger partial charge is 0.265 e. The lowest BCUT2D eigenvalue weighted by Gasteiger charge is -2.07. The van der Waals surface area contributed by atoms with E-state index in [4.69, 9.17) is 18.0 Å². The quantitative estimate of drug-likeness (QED) is 0.648. The normalized spacial score (nSPS) is 10.6. The molecular formula is C19H19N3OS2. The summed E-state index contributed by atoms with van der Waals surface area (Å²) < 4.78 is 2.41. The van der Waals surface area contributed by atoms with Crippen LogP contribution in [0.1, 0.15) is 20.8 Å². The van der Waals surface area contributed by atoms with Crippen LogP contribution in [0.15, 0.2) is 60.7 Å². The largest absolute Gasteiger partial charge is 0.384 e. The second kappa shape index (κ2) is 8.09. The average Bonchev–Trinajstić information content (AvgIpc) is 2.92. The number of hydrogen-bond donors (Lipinski definition) is 2. The summed E-state index contributed by atoms with van der Waals surface area (Å²) in [6, 6.07) is 20.0. The van der Waals surface area contributed by atoms with Crippen LogP contribution in [-0.4, -0.2) is 17.0 Å². The average molecular weight is 370 g/mol. The van der Waals surface area contributed by atoms with Crippen LogP contribution in [0.25, 0.3) is 0 Å². The molecular weight excluding hydrogens is 350 g/mol. The summed E-state index contributed by atoms with van der Waals surface area (Å²) in [6.07, 6.45) is 0.780. The minimum absolute atomic E-state index is 0.170. The van der Waals surface area contributed by atoms with E-state index in [0.29, 0.717) is 27.7 Å². The van der Waals surface area contributed by atoms with Gasteiger partial charge in [-0.2, -0.15) is 0 Å². The zero-order valence-electron chi connectivity index (χ0n) is 13.6. The number of nitrogen functional groups attached to an aromatic ring is 1. The van der Waals surface area contributed by atoms with E-state index in [9.17, 15) is 4.79 Å². The van der Waals surface area contributed by atoms with Crippen molar-refractivity contribution >= 4 is 35.3 Å². The van der Waals surface area contributed by atoms with Gasteiger partial charge in [-0.25, -0.2) is 0 Å². The second-order valence-corrected chi connectivity index (χ2v) is 7.29. The van der Waals surface area contributed by atoms with Crippen LogP contribution < -0.4 is 11.1 Å². The molecule has 4 nitrogen and oxygen atoms in total. The van der Waals surface area contributed by atoms with Crippen molar-refractivity contribution in [3.05, 3.63) is 80.6 Å². The van der Waals surface area contributed by atoms with E-state index in [-0.39, 0.29) is 5.91 Å². The third-order valence-electron chi connectivity index (χ3n) is 3.86. The monoisotopic (exact) mass is 369 g/mol. The van der Waals surface area contributed by atoms with Gasteiger partial charge in [-0.3, -0.25) is 4.79 Å². The Balaban J connectivity index is 1.67. The molecule has 1 amide bonds. The lowest BCUT2D eigenvalue weighted by atomic mass is 10.1. The molecule has 3 N–H and O–H groups in total. The number of anilines is 1. The molecule has 25 heavy (non-hydrogen) atoms. The zero-order chi connectivity index (χ0) is 17.6. The molecule has 3 rings (SSSR count). The first kappa shape index (κ1) is 17.4. The Kier molecular flexibility index (Phi) is 5.63. The summed E-state index contributed by atoms with van der Waals surface area (Å²) in [5.41, 5.74) is 8.46. The molecule has 0 atom stereocenters. The van der Waals surface area contributed by atoms with Crippen molar-refractivity contribution in [3.8, 4) is 0 Å². The Morgan fingerprint density at radius 3 is 2.28 bits per heavy atom. The molecule has 2 aromatic carbocycles. The molecule has 0 radical (unpaired) electrons. The standard InChI is InChI=1S/C19H19N3OS2/c20-17-16(18(23)21-12-11-14-7-3-1-4-8-14)25-19(24)22(17)13-15-9-5-2-6-10-15/h1-10H,11-13,20H2,(H,21,23). The van der Waals surface area contributed by atoms with E-state index in [1.54, 1.807) is 4.57 Å². The molecule has 0 bridgehead atoms. The number of thiazole rings is 1. The van der Waals surface area contributed by atoms with Gasteiger partial charge in [0.2, 0.25) is 0 Å². The fourth-order valence-electron chi connectivity index (χ4n) is 2.54. The van der Waals surface area contributed by atoms with Gasteiger partial charge < -0.3 is 15.6 Å². The van der Waals surface area contributed by atoms with E-state index < -0.39 is 0 Å². The van der Waals surface area contributed by atoms with Crippen LogP contribution in [0.4, 0.5) is 5.82 Å². The highest BCUT2D eigenvalue weighted by Gasteiger charge is 2.16. The molecule has 1 heterocycles. The summed E-state index contributed by atoms with van der Waals surface area (Å²) in [4.78, 5) is 12.9. The molecule has 0 aliphatic rings. The fourth-order valence-corrected chi connectivity index (χ4v) is 3.78. The van der Waals surface area contributed by atoms with Crippen molar-refractivity contribution in [1.29, 1.82) is 0 Å². The fraction of sp³-hybridized carbons (Fsp3) is 0.158. The zero-order valence-corrected chi connectivity index (χ0v) is 15.3. The highest BCUT2D eigenvalue weighted by molar-refractivity contribution is 7.73. The van der Waals surface area contributed by atoms with Gasteiger partial charge in [0.25, 0.3) is 5.91 Å². The van der Waals surface area contributed by atoms with Crippen LogP contribution in [0.5, 0.6) is 0 Å². The van der Waals surface area contributed by atoms with Crippen LogP contribution >= 0.6 is 23.6 Å². The number of nitrogens with zero attached hydrogens (tertiary/aromatic N) is 1. The Bertz CT molecular complexity index is 901. The van der Waals surface area contributed by atoms with Crippen LogP contribution in [0.2, 0.25) is 0 Å². The molecule has 0 aliphatic heterocycles. The molecule has 0 saturated carbocycles. The molecule has 0 aliphatic carbocycles. The molecule has 128 valence electrons. The number of aromatic nitrogens is 1. The number of amides is 1. The van der Waals surface area contributed by atoms with Crippen molar-refractivity contribution < 1.29 is 4.79 Å². The van der Waals surface area contributed by atoms with Crippen LogP contribution in [-0.2, 0) is 13.0 Å². The Morgan fingerprint density at radius 2 is 1.64 bits per heavy atom. The molecule has 0 spiro atoms. The van der Waals surface area contributed by atoms with Crippen LogP contribution in [0.3, 0.4) is 0 Å². The first-order valence-electron chi connectivity index (χ1n) is 8.00. The van der Waals surface area contributed by atoms with Gasteiger partial charge in [-0.1, -0.05) is 72.0 Å². The van der Waals surface area contributed by atoms with E-state index in [1.807, 2.05) is 60.7 Å². The predicted molar refractivity (Wildman–Crippen MR) is 106 cm³/mol. The Morgan fingerprint density at radius 1 is 1.04 bits per heavy atom. The minimum atomic E-state index is -0.170. The number of carbonyl (C=O) groups is 1. The second-order valence-electron chi connectivity index (χ2n) is 5.65. The van der Waals surface area contributed by atoms with E-state index in [0.717, 1.165) is 12.0 Å². The number of hydrogen-bond acceptors (Lipinski definition) is 4. The topological polar surface area (TPSA) is 60.1 Å². The molecule has 0 saturated heterocycles. The molecule has 0 fully saturated rings. The maximum Gasteiger partial charge on any atom is 0.265 e. The number of benzene rings is 2. The third-order valence-corrected chi connectivity index (χ3v) is 5.33. The van der Waals surface area contributed by atoms with Gasteiger partial charge in [0, 0.05) is 6.54 Å². The lowest BCUT2D eigenvalue weighted by Crippen LogP contribution is -2.26. The van der Waals surface area contributed by atoms with Crippen molar-refractivity contribution in [2.75, 3.05) is 12.3 Å². The summed E-state index contributed by atoms with van der Waals surface area (Å²) in [5.74, 6) is 0.257.